The summed E-state index contributed by atoms with van der Waals surface area (Å²) in [5.74, 6) is -0.417. The molecule has 0 atom stereocenters. The average Bonchev–Trinajstić information content (AvgIpc) is 3.21. The van der Waals surface area contributed by atoms with Crippen molar-refractivity contribution in [2.24, 2.45) is 0 Å². The molecule has 0 aliphatic heterocycles. The van der Waals surface area contributed by atoms with Crippen LogP contribution in [0, 0.1) is 0 Å². The van der Waals surface area contributed by atoms with Gasteiger partial charge in [-0.25, -0.2) is 0 Å². The number of hydrogen-bond donors (Lipinski definition) is 3. The van der Waals surface area contributed by atoms with Gasteiger partial charge < -0.3 is 4.74 Å². The number of ether oxygens (including phenoxy) is 1. The molecular weight excluding hydrogens is 368 g/mol. The van der Waals surface area contributed by atoms with E-state index in [-0.39, 0.29) is 12.3 Å². The van der Waals surface area contributed by atoms with Crippen LogP contribution < -0.4 is 15.6 Å². The first-order valence-corrected chi connectivity index (χ1v) is 9.02. The van der Waals surface area contributed by atoms with Gasteiger partial charge in [-0.05, 0) is 17.7 Å². The fraction of sp³-hybridized carbons (Fsp3) is 0.0455. The number of aromatic nitrogens is 2. The van der Waals surface area contributed by atoms with E-state index in [4.69, 9.17) is 4.74 Å². The van der Waals surface area contributed by atoms with Crippen LogP contribution in [0.1, 0.15) is 10.5 Å². The molecule has 0 aliphatic rings. The van der Waals surface area contributed by atoms with E-state index < -0.39 is 11.8 Å². The first-order chi connectivity index (χ1) is 14.2. The van der Waals surface area contributed by atoms with E-state index in [1.165, 1.54) is 0 Å². The number of rotatable bonds is 5. The van der Waals surface area contributed by atoms with Crippen LogP contribution in [0.2, 0.25) is 0 Å². The summed E-state index contributed by atoms with van der Waals surface area (Å²) in [6.07, 6.45) is 0. The minimum absolute atomic E-state index is 0.205. The molecule has 144 valence electrons. The molecule has 1 heterocycles. The fourth-order valence-corrected chi connectivity index (χ4v) is 2.95. The minimum Gasteiger partial charge on any atom is -0.483 e. The molecule has 7 nitrogen and oxygen atoms in total. The molecule has 0 unspecified atom stereocenters. The summed E-state index contributed by atoms with van der Waals surface area (Å²) in [6.45, 7) is -0.245. The van der Waals surface area contributed by atoms with E-state index in [0.29, 0.717) is 11.1 Å². The van der Waals surface area contributed by atoms with Crippen LogP contribution in [0.3, 0.4) is 0 Å². The van der Waals surface area contributed by atoms with Crippen molar-refractivity contribution in [3.8, 4) is 16.9 Å². The molecule has 2 amide bonds. The van der Waals surface area contributed by atoms with Gasteiger partial charge in [0.05, 0.1) is 5.52 Å². The predicted octanol–water partition coefficient (Wildman–Crippen LogP) is 3.07. The summed E-state index contributed by atoms with van der Waals surface area (Å²) in [5.41, 5.74) is 7.52. The van der Waals surface area contributed by atoms with E-state index in [0.717, 1.165) is 16.6 Å². The number of nitrogens with zero attached hydrogens (tertiary/aromatic N) is 1. The van der Waals surface area contributed by atoms with Crippen molar-refractivity contribution in [1.29, 1.82) is 0 Å². The maximum Gasteiger partial charge on any atom is 0.290 e. The van der Waals surface area contributed by atoms with Crippen LogP contribution in [0.25, 0.3) is 22.0 Å². The predicted molar refractivity (Wildman–Crippen MR) is 109 cm³/mol. The van der Waals surface area contributed by atoms with Crippen molar-refractivity contribution < 1.29 is 14.3 Å². The van der Waals surface area contributed by atoms with Gasteiger partial charge in [0.25, 0.3) is 11.8 Å². The Bertz CT molecular complexity index is 1150. The molecule has 7 heteroatoms. The Balaban J connectivity index is 1.36. The molecule has 3 N–H and O–H groups in total. The lowest BCUT2D eigenvalue weighted by molar-refractivity contribution is -0.123. The maximum atomic E-state index is 12.3. The highest BCUT2D eigenvalue weighted by atomic mass is 16.5. The zero-order valence-electron chi connectivity index (χ0n) is 15.4. The van der Waals surface area contributed by atoms with E-state index in [1.807, 2.05) is 66.7 Å². The molecule has 0 fully saturated rings. The number of H-pyrrole nitrogens is 1. The second-order valence-electron chi connectivity index (χ2n) is 6.27. The molecule has 0 spiro atoms. The highest BCUT2D eigenvalue weighted by Gasteiger charge is 2.15. The molecule has 4 aromatic rings. The zero-order valence-corrected chi connectivity index (χ0v) is 15.4. The van der Waals surface area contributed by atoms with Crippen LogP contribution in [0.5, 0.6) is 5.75 Å². The SMILES string of the molecule is O=C(COc1ccccc1-c1ccccc1)NNC(=O)c1n[nH]c2ccccc12. The normalized spacial score (nSPS) is 10.5. The third kappa shape index (κ3) is 4.08. The van der Waals surface area contributed by atoms with Gasteiger partial charge in [0.1, 0.15) is 5.75 Å². The molecule has 29 heavy (non-hydrogen) atoms. The highest BCUT2D eigenvalue weighted by molar-refractivity contribution is 6.05. The third-order valence-electron chi connectivity index (χ3n) is 4.33. The van der Waals surface area contributed by atoms with E-state index >= 15 is 0 Å². The largest absolute Gasteiger partial charge is 0.483 e. The van der Waals surface area contributed by atoms with Gasteiger partial charge in [0.2, 0.25) is 0 Å². The van der Waals surface area contributed by atoms with Crippen molar-refractivity contribution >= 4 is 22.7 Å². The highest BCUT2D eigenvalue weighted by Crippen LogP contribution is 2.29. The second kappa shape index (κ2) is 8.26. The molecule has 0 aliphatic carbocycles. The quantitative estimate of drug-likeness (QED) is 0.459. The van der Waals surface area contributed by atoms with Crippen LogP contribution >= 0.6 is 0 Å². The monoisotopic (exact) mass is 386 g/mol. The van der Waals surface area contributed by atoms with E-state index in [9.17, 15) is 9.59 Å². The maximum absolute atomic E-state index is 12.3. The fourth-order valence-electron chi connectivity index (χ4n) is 2.95. The zero-order chi connectivity index (χ0) is 20.1. The van der Waals surface area contributed by atoms with Crippen LogP contribution in [0.4, 0.5) is 0 Å². The lowest BCUT2D eigenvalue weighted by atomic mass is 10.1. The number of hydrazine groups is 1. The molecule has 0 radical (unpaired) electrons. The summed E-state index contributed by atoms with van der Waals surface area (Å²) in [7, 11) is 0. The van der Waals surface area contributed by atoms with E-state index in [2.05, 4.69) is 21.0 Å². The van der Waals surface area contributed by atoms with Gasteiger partial charge >= 0.3 is 0 Å². The Kier molecular flexibility index (Phi) is 5.20. The van der Waals surface area contributed by atoms with Crippen LogP contribution in [0.15, 0.2) is 78.9 Å². The molecule has 0 saturated carbocycles. The Morgan fingerprint density at radius 1 is 0.862 bits per heavy atom. The molecule has 1 aromatic heterocycles. The Labute approximate surface area is 166 Å². The number of amides is 2. The van der Waals surface area contributed by atoms with Gasteiger partial charge in [-0.15, -0.1) is 0 Å². The molecular formula is C22H18N4O3. The van der Waals surface area contributed by atoms with Crippen molar-refractivity contribution in [3.05, 3.63) is 84.6 Å². The van der Waals surface area contributed by atoms with Crippen molar-refractivity contribution in [2.75, 3.05) is 6.61 Å². The molecule has 3 aromatic carbocycles. The van der Waals surface area contributed by atoms with Gasteiger partial charge in [-0.2, -0.15) is 5.10 Å². The Morgan fingerprint density at radius 2 is 1.59 bits per heavy atom. The first-order valence-electron chi connectivity index (χ1n) is 9.02. The lowest BCUT2D eigenvalue weighted by Gasteiger charge is -2.12. The number of fused-ring (bicyclic) bond motifs is 1. The van der Waals surface area contributed by atoms with Crippen molar-refractivity contribution in [3.63, 3.8) is 0 Å². The topological polar surface area (TPSA) is 96.1 Å². The van der Waals surface area contributed by atoms with Gasteiger partial charge in [-0.1, -0.05) is 66.7 Å². The standard InChI is InChI=1S/C22H18N4O3/c27-20(24-26-22(28)21-17-11-4-6-12-18(17)23-25-21)14-29-19-13-7-5-10-16(19)15-8-2-1-3-9-15/h1-13H,14H2,(H,23,25)(H,24,27)(H,26,28). The first kappa shape index (κ1) is 18.2. The van der Waals surface area contributed by atoms with Crippen molar-refractivity contribution in [1.82, 2.24) is 21.0 Å². The van der Waals surface area contributed by atoms with Crippen molar-refractivity contribution in [2.45, 2.75) is 0 Å². The number of nitrogens with one attached hydrogen (secondary N) is 3. The summed E-state index contributed by atoms with van der Waals surface area (Å²) >= 11 is 0. The number of carbonyl (C=O) groups excluding carboxylic acids is 2. The van der Waals surface area contributed by atoms with Gasteiger partial charge in [-0.3, -0.25) is 25.5 Å². The molecule has 0 saturated heterocycles. The number of benzene rings is 3. The van der Waals surface area contributed by atoms with E-state index in [1.54, 1.807) is 12.1 Å². The summed E-state index contributed by atoms with van der Waals surface area (Å²) < 4.78 is 5.66. The second-order valence-corrected chi connectivity index (χ2v) is 6.27. The summed E-state index contributed by atoms with van der Waals surface area (Å²) in [5, 5.41) is 7.44. The number of carbonyl (C=O) groups is 2. The summed E-state index contributed by atoms with van der Waals surface area (Å²) in [6, 6.07) is 24.5. The average molecular weight is 386 g/mol. The third-order valence-corrected chi connectivity index (χ3v) is 4.33. The number of aromatic amines is 1. The number of para-hydroxylation sites is 2. The molecule has 4 rings (SSSR count). The van der Waals surface area contributed by atoms with Crippen LogP contribution in [-0.4, -0.2) is 28.6 Å². The summed E-state index contributed by atoms with van der Waals surface area (Å²) in [4.78, 5) is 24.4. The smallest absolute Gasteiger partial charge is 0.290 e. The van der Waals surface area contributed by atoms with Crippen LogP contribution in [-0.2, 0) is 4.79 Å². The molecule has 0 bridgehead atoms. The lowest BCUT2D eigenvalue weighted by Crippen LogP contribution is -2.44. The van der Waals surface area contributed by atoms with Gasteiger partial charge in [0, 0.05) is 10.9 Å². The Hall–Kier alpha value is -4.13. The van der Waals surface area contributed by atoms with Gasteiger partial charge in [0.15, 0.2) is 12.3 Å². The minimum atomic E-state index is -0.513. The number of hydrogen-bond acceptors (Lipinski definition) is 4. The Morgan fingerprint density at radius 3 is 2.45 bits per heavy atom.